The molecule has 2 N–H and O–H groups in total. The van der Waals surface area contributed by atoms with Crippen molar-refractivity contribution >= 4 is 38.1 Å². The average Bonchev–Trinajstić information content (AvgIpc) is 2.54. The smallest absolute Gasteiger partial charge is 0.236 e. The van der Waals surface area contributed by atoms with Crippen LogP contribution in [-0.2, 0) is 15.8 Å². The van der Waals surface area contributed by atoms with Crippen LogP contribution in [0.4, 0.5) is 10.1 Å². The summed E-state index contributed by atoms with van der Waals surface area (Å²) in [6.07, 6.45) is 0. The van der Waals surface area contributed by atoms with E-state index in [0.717, 1.165) is 0 Å². The van der Waals surface area contributed by atoms with Gasteiger partial charge < -0.3 is 5.11 Å². The molecule has 0 amide bonds. The molecule has 0 aliphatic heterocycles. The minimum atomic E-state index is -3.73. The first-order chi connectivity index (χ1) is 11.4. The van der Waals surface area contributed by atoms with E-state index in [1.54, 1.807) is 24.3 Å². The van der Waals surface area contributed by atoms with E-state index in [9.17, 15) is 17.9 Å². The van der Waals surface area contributed by atoms with Gasteiger partial charge in [0.05, 0.1) is 16.5 Å². The molecular formula is C17H13ClFNO3S. The van der Waals surface area contributed by atoms with Gasteiger partial charge in [-0.2, -0.15) is 0 Å². The Kier molecular flexibility index (Phi) is 4.34. The number of anilines is 1. The molecule has 4 nitrogen and oxygen atoms in total. The van der Waals surface area contributed by atoms with Gasteiger partial charge in [0, 0.05) is 10.8 Å². The standard InChI is InChI=1S/C17H13ClFNO3S/c18-15-9-16(13-3-1-2-4-14(13)17(15)21)20-24(22,23)10-11-5-7-12(19)8-6-11/h1-9,20-21H,10H2. The van der Waals surface area contributed by atoms with Crippen molar-refractivity contribution in [3.05, 3.63) is 71.0 Å². The molecule has 0 spiro atoms. The van der Waals surface area contributed by atoms with Gasteiger partial charge in [0.1, 0.15) is 11.6 Å². The molecule has 0 saturated heterocycles. The molecule has 0 unspecified atom stereocenters. The molecular weight excluding hydrogens is 353 g/mol. The van der Waals surface area contributed by atoms with Crippen molar-refractivity contribution in [2.45, 2.75) is 5.75 Å². The minimum Gasteiger partial charge on any atom is -0.506 e. The fraction of sp³-hybridized carbons (Fsp3) is 0.0588. The van der Waals surface area contributed by atoms with Crippen molar-refractivity contribution in [3.8, 4) is 5.75 Å². The van der Waals surface area contributed by atoms with Crippen LogP contribution in [0.3, 0.4) is 0 Å². The molecule has 124 valence electrons. The number of aromatic hydroxyl groups is 1. The number of nitrogens with one attached hydrogen (secondary N) is 1. The van der Waals surface area contributed by atoms with Crippen molar-refractivity contribution in [3.63, 3.8) is 0 Å². The zero-order chi connectivity index (χ0) is 17.3. The van der Waals surface area contributed by atoms with Crippen molar-refractivity contribution in [1.29, 1.82) is 0 Å². The highest BCUT2D eigenvalue weighted by Gasteiger charge is 2.16. The van der Waals surface area contributed by atoms with Gasteiger partial charge in [-0.3, -0.25) is 4.72 Å². The Labute approximate surface area is 143 Å². The summed E-state index contributed by atoms with van der Waals surface area (Å²) in [5.74, 6) is -0.839. The maximum atomic E-state index is 12.9. The first kappa shape index (κ1) is 16.5. The summed E-state index contributed by atoms with van der Waals surface area (Å²) >= 11 is 5.97. The lowest BCUT2D eigenvalue weighted by Crippen LogP contribution is -2.15. The fourth-order valence-electron chi connectivity index (χ4n) is 2.41. The maximum Gasteiger partial charge on any atom is 0.236 e. The number of fused-ring (bicyclic) bond motifs is 1. The monoisotopic (exact) mass is 365 g/mol. The summed E-state index contributed by atoms with van der Waals surface area (Å²) in [6.45, 7) is 0. The van der Waals surface area contributed by atoms with Crippen LogP contribution in [-0.4, -0.2) is 13.5 Å². The topological polar surface area (TPSA) is 66.4 Å². The molecule has 0 aliphatic rings. The molecule has 7 heteroatoms. The Morgan fingerprint density at radius 2 is 1.67 bits per heavy atom. The normalized spacial score (nSPS) is 11.6. The Morgan fingerprint density at radius 1 is 1.04 bits per heavy atom. The number of hydrogen-bond donors (Lipinski definition) is 2. The Morgan fingerprint density at radius 3 is 2.33 bits per heavy atom. The highest BCUT2D eigenvalue weighted by atomic mass is 35.5. The molecule has 0 saturated carbocycles. The first-order valence-corrected chi connectivity index (χ1v) is 9.04. The molecule has 0 radical (unpaired) electrons. The van der Waals surface area contributed by atoms with E-state index in [4.69, 9.17) is 11.6 Å². The highest BCUT2D eigenvalue weighted by Crippen LogP contribution is 2.37. The summed E-state index contributed by atoms with van der Waals surface area (Å²) in [7, 11) is -3.73. The zero-order valence-corrected chi connectivity index (χ0v) is 13.9. The summed E-state index contributed by atoms with van der Waals surface area (Å²) < 4.78 is 40.2. The Bertz CT molecular complexity index is 1000. The number of phenols is 1. The van der Waals surface area contributed by atoms with Gasteiger partial charge in [-0.25, -0.2) is 12.8 Å². The van der Waals surface area contributed by atoms with Crippen LogP contribution < -0.4 is 4.72 Å². The van der Waals surface area contributed by atoms with Crippen molar-refractivity contribution in [2.75, 3.05) is 4.72 Å². The molecule has 24 heavy (non-hydrogen) atoms. The predicted molar refractivity (Wildman–Crippen MR) is 93.3 cm³/mol. The van der Waals surface area contributed by atoms with Crippen LogP contribution in [0.25, 0.3) is 10.8 Å². The second-order valence-electron chi connectivity index (χ2n) is 5.29. The molecule has 0 bridgehead atoms. The Balaban J connectivity index is 1.97. The van der Waals surface area contributed by atoms with Crippen LogP contribution >= 0.6 is 11.6 Å². The second kappa shape index (κ2) is 6.30. The number of rotatable bonds is 4. The van der Waals surface area contributed by atoms with Gasteiger partial charge in [-0.1, -0.05) is 48.0 Å². The SMILES string of the molecule is O=S(=O)(Cc1ccc(F)cc1)Nc1cc(Cl)c(O)c2ccccc12. The predicted octanol–water partition coefficient (Wildman–Crippen LogP) is 4.28. The van der Waals surface area contributed by atoms with E-state index in [1.165, 1.54) is 30.3 Å². The van der Waals surface area contributed by atoms with E-state index in [-0.39, 0.29) is 22.2 Å². The van der Waals surface area contributed by atoms with Crippen molar-refractivity contribution < 1.29 is 17.9 Å². The molecule has 0 aliphatic carbocycles. The molecule has 0 atom stereocenters. The minimum absolute atomic E-state index is 0.0492. The van der Waals surface area contributed by atoms with Gasteiger partial charge in [0.2, 0.25) is 10.0 Å². The van der Waals surface area contributed by atoms with E-state index >= 15 is 0 Å². The number of hydrogen-bond acceptors (Lipinski definition) is 3. The number of benzene rings is 3. The third-order valence-electron chi connectivity index (χ3n) is 3.51. The van der Waals surface area contributed by atoms with Gasteiger partial charge in [-0.15, -0.1) is 0 Å². The molecule has 3 aromatic rings. The molecule has 0 fully saturated rings. The summed E-state index contributed by atoms with van der Waals surface area (Å²) in [6, 6.07) is 13.4. The number of sulfonamides is 1. The summed E-state index contributed by atoms with van der Waals surface area (Å²) in [5.41, 5.74) is 0.730. The van der Waals surface area contributed by atoms with E-state index in [2.05, 4.69) is 4.72 Å². The van der Waals surface area contributed by atoms with Crippen LogP contribution in [0.5, 0.6) is 5.75 Å². The molecule has 3 aromatic carbocycles. The Hall–Kier alpha value is -2.31. The highest BCUT2D eigenvalue weighted by molar-refractivity contribution is 7.91. The van der Waals surface area contributed by atoms with Gasteiger partial charge in [-0.05, 0) is 23.8 Å². The van der Waals surface area contributed by atoms with Crippen LogP contribution in [0.15, 0.2) is 54.6 Å². The van der Waals surface area contributed by atoms with E-state index in [1.807, 2.05) is 0 Å². The number of halogens is 2. The second-order valence-corrected chi connectivity index (χ2v) is 7.42. The average molecular weight is 366 g/mol. The van der Waals surface area contributed by atoms with E-state index in [0.29, 0.717) is 16.3 Å². The fourth-order valence-corrected chi connectivity index (χ4v) is 3.83. The van der Waals surface area contributed by atoms with Crippen LogP contribution in [0.1, 0.15) is 5.56 Å². The third kappa shape index (κ3) is 3.44. The summed E-state index contributed by atoms with van der Waals surface area (Å²) in [5, 5.41) is 11.0. The molecule has 3 rings (SSSR count). The summed E-state index contributed by atoms with van der Waals surface area (Å²) in [4.78, 5) is 0. The first-order valence-electron chi connectivity index (χ1n) is 7.01. The van der Waals surface area contributed by atoms with Gasteiger partial charge in [0.25, 0.3) is 0 Å². The zero-order valence-electron chi connectivity index (χ0n) is 12.3. The van der Waals surface area contributed by atoms with Crippen molar-refractivity contribution in [1.82, 2.24) is 0 Å². The third-order valence-corrected chi connectivity index (χ3v) is 5.04. The largest absolute Gasteiger partial charge is 0.506 e. The van der Waals surface area contributed by atoms with E-state index < -0.39 is 15.8 Å². The van der Waals surface area contributed by atoms with Crippen LogP contribution in [0.2, 0.25) is 5.02 Å². The van der Waals surface area contributed by atoms with Gasteiger partial charge >= 0.3 is 0 Å². The van der Waals surface area contributed by atoms with Crippen molar-refractivity contribution in [2.24, 2.45) is 0 Å². The molecule has 0 aromatic heterocycles. The lowest BCUT2D eigenvalue weighted by molar-refractivity contribution is 0.482. The van der Waals surface area contributed by atoms with Crippen LogP contribution in [0, 0.1) is 5.82 Å². The molecule has 0 heterocycles. The van der Waals surface area contributed by atoms with Gasteiger partial charge in [0.15, 0.2) is 0 Å². The lowest BCUT2D eigenvalue weighted by atomic mass is 10.1. The quantitative estimate of drug-likeness (QED) is 0.678. The maximum absolute atomic E-state index is 12.9. The lowest BCUT2D eigenvalue weighted by Gasteiger charge is -2.13. The number of phenolic OH excluding ortho intramolecular Hbond substituents is 1.